The molecule has 0 atom stereocenters. The highest BCUT2D eigenvalue weighted by Gasteiger charge is 2.05. The molecule has 3 N–H and O–H groups in total. The number of nitrogens with one attached hydrogen (secondary N) is 3. The zero-order valence-electron chi connectivity index (χ0n) is 10.2. The number of anilines is 1. The summed E-state index contributed by atoms with van der Waals surface area (Å²) >= 11 is 0. The lowest BCUT2D eigenvalue weighted by Crippen LogP contribution is -2.25. The second-order valence-electron chi connectivity index (χ2n) is 3.81. The lowest BCUT2D eigenvalue weighted by atomic mass is 10.2. The number of aryl methyl sites for hydroxylation is 1. The van der Waals surface area contributed by atoms with Crippen LogP contribution < -0.4 is 10.6 Å². The van der Waals surface area contributed by atoms with Crippen LogP contribution in [0.5, 0.6) is 0 Å². The van der Waals surface area contributed by atoms with Crippen LogP contribution >= 0.6 is 0 Å². The van der Waals surface area contributed by atoms with Crippen LogP contribution in [-0.2, 0) is 16.0 Å². The Bertz CT molecular complexity index is 387. The first-order valence-electron chi connectivity index (χ1n) is 5.70. The molecule has 0 saturated carbocycles. The van der Waals surface area contributed by atoms with Crippen molar-refractivity contribution in [1.82, 2.24) is 15.5 Å². The molecule has 0 unspecified atom stereocenters. The number of hydrogen-bond acceptors (Lipinski definition) is 3. The van der Waals surface area contributed by atoms with Gasteiger partial charge in [0.2, 0.25) is 11.8 Å². The Morgan fingerprint density at radius 3 is 2.88 bits per heavy atom. The third-order valence-corrected chi connectivity index (χ3v) is 2.14. The molecule has 0 aromatic carbocycles. The lowest BCUT2D eigenvalue weighted by Gasteiger charge is -2.02. The molecule has 0 aliphatic heterocycles. The molecule has 17 heavy (non-hydrogen) atoms. The zero-order chi connectivity index (χ0) is 12.7. The monoisotopic (exact) mass is 238 g/mol. The Hall–Kier alpha value is -1.85. The normalized spacial score (nSPS) is 10.0. The second kappa shape index (κ2) is 6.67. The number of aromatic amines is 1. The molecule has 0 fully saturated rings. The Morgan fingerprint density at radius 2 is 2.24 bits per heavy atom. The standard InChI is InChI=1S/C11H18N4O2/c1-3-4-9-7-10(15-14-9)13-11(17)5-6-12-8(2)16/h7H,3-6H2,1-2H3,(H,12,16)(H2,13,14,15,17). The fourth-order valence-electron chi connectivity index (χ4n) is 1.38. The van der Waals surface area contributed by atoms with Crippen LogP contribution in [-0.4, -0.2) is 28.6 Å². The van der Waals surface area contributed by atoms with E-state index >= 15 is 0 Å². The van der Waals surface area contributed by atoms with Crippen molar-refractivity contribution in [1.29, 1.82) is 0 Å². The van der Waals surface area contributed by atoms with Gasteiger partial charge in [-0.05, 0) is 6.42 Å². The highest BCUT2D eigenvalue weighted by molar-refractivity contribution is 5.90. The predicted molar refractivity (Wildman–Crippen MR) is 64.5 cm³/mol. The Labute approximate surface area is 100 Å². The topological polar surface area (TPSA) is 86.9 Å². The van der Waals surface area contributed by atoms with Gasteiger partial charge in [-0.3, -0.25) is 14.7 Å². The van der Waals surface area contributed by atoms with E-state index in [2.05, 4.69) is 27.8 Å². The largest absolute Gasteiger partial charge is 0.356 e. The molecule has 2 amide bonds. The maximum absolute atomic E-state index is 11.4. The van der Waals surface area contributed by atoms with Crippen molar-refractivity contribution >= 4 is 17.6 Å². The number of rotatable bonds is 6. The van der Waals surface area contributed by atoms with Crippen LogP contribution in [0.2, 0.25) is 0 Å². The van der Waals surface area contributed by atoms with Crippen LogP contribution in [0, 0.1) is 0 Å². The van der Waals surface area contributed by atoms with E-state index in [9.17, 15) is 9.59 Å². The van der Waals surface area contributed by atoms with E-state index in [-0.39, 0.29) is 18.2 Å². The summed E-state index contributed by atoms with van der Waals surface area (Å²) in [5.74, 6) is 0.234. The predicted octanol–water partition coefficient (Wildman–Crippen LogP) is 0.827. The van der Waals surface area contributed by atoms with Crippen molar-refractivity contribution < 1.29 is 9.59 Å². The van der Waals surface area contributed by atoms with Crippen LogP contribution in [0.15, 0.2) is 6.07 Å². The first kappa shape index (κ1) is 13.2. The van der Waals surface area contributed by atoms with Gasteiger partial charge in [0.15, 0.2) is 5.82 Å². The quantitative estimate of drug-likeness (QED) is 0.686. The Kier molecular flexibility index (Phi) is 5.19. The summed E-state index contributed by atoms with van der Waals surface area (Å²) in [5, 5.41) is 12.0. The molecule has 1 heterocycles. The fourth-order valence-corrected chi connectivity index (χ4v) is 1.38. The van der Waals surface area contributed by atoms with E-state index in [4.69, 9.17) is 0 Å². The van der Waals surface area contributed by atoms with E-state index in [1.54, 1.807) is 0 Å². The van der Waals surface area contributed by atoms with Crippen molar-refractivity contribution in [2.24, 2.45) is 0 Å². The third kappa shape index (κ3) is 5.14. The van der Waals surface area contributed by atoms with Crippen molar-refractivity contribution in [3.63, 3.8) is 0 Å². The molecule has 1 aromatic heterocycles. The van der Waals surface area contributed by atoms with Gasteiger partial charge in [-0.2, -0.15) is 5.10 Å². The minimum Gasteiger partial charge on any atom is -0.356 e. The zero-order valence-corrected chi connectivity index (χ0v) is 10.2. The Morgan fingerprint density at radius 1 is 1.47 bits per heavy atom. The second-order valence-corrected chi connectivity index (χ2v) is 3.81. The van der Waals surface area contributed by atoms with E-state index in [1.165, 1.54) is 6.92 Å². The van der Waals surface area contributed by atoms with E-state index in [0.29, 0.717) is 12.4 Å². The summed E-state index contributed by atoms with van der Waals surface area (Å²) in [7, 11) is 0. The smallest absolute Gasteiger partial charge is 0.227 e. The van der Waals surface area contributed by atoms with Gasteiger partial charge in [-0.1, -0.05) is 13.3 Å². The van der Waals surface area contributed by atoms with Crippen molar-refractivity contribution in [2.45, 2.75) is 33.1 Å². The number of H-pyrrole nitrogens is 1. The first-order valence-corrected chi connectivity index (χ1v) is 5.70. The van der Waals surface area contributed by atoms with E-state index in [1.807, 2.05) is 6.07 Å². The van der Waals surface area contributed by atoms with Crippen LogP contribution in [0.1, 0.15) is 32.4 Å². The van der Waals surface area contributed by atoms with Gasteiger partial charge in [0.25, 0.3) is 0 Å². The molecular weight excluding hydrogens is 220 g/mol. The van der Waals surface area contributed by atoms with Gasteiger partial charge in [0.1, 0.15) is 0 Å². The first-order chi connectivity index (χ1) is 8.11. The highest BCUT2D eigenvalue weighted by atomic mass is 16.2. The van der Waals surface area contributed by atoms with Crippen LogP contribution in [0.4, 0.5) is 5.82 Å². The molecule has 0 bridgehead atoms. The van der Waals surface area contributed by atoms with E-state index < -0.39 is 0 Å². The van der Waals surface area contributed by atoms with Gasteiger partial charge >= 0.3 is 0 Å². The van der Waals surface area contributed by atoms with Gasteiger partial charge in [0, 0.05) is 31.6 Å². The number of aromatic nitrogens is 2. The average Bonchev–Trinajstić information content (AvgIpc) is 2.65. The summed E-state index contributed by atoms with van der Waals surface area (Å²) in [6, 6.07) is 1.82. The molecule has 1 aromatic rings. The fraction of sp³-hybridized carbons (Fsp3) is 0.545. The van der Waals surface area contributed by atoms with Gasteiger partial charge < -0.3 is 10.6 Å². The number of amides is 2. The molecular formula is C11H18N4O2. The van der Waals surface area contributed by atoms with E-state index in [0.717, 1.165) is 18.5 Å². The molecule has 0 aliphatic rings. The van der Waals surface area contributed by atoms with Crippen molar-refractivity contribution in [3.8, 4) is 0 Å². The highest BCUT2D eigenvalue weighted by Crippen LogP contribution is 2.07. The molecule has 6 heteroatoms. The lowest BCUT2D eigenvalue weighted by molar-refractivity contribution is -0.119. The number of carbonyl (C=O) groups excluding carboxylic acids is 2. The Balaban J connectivity index is 2.31. The summed E-state index contributed by atoms with van der Waals surface area (Å²) in [4.78, 5) is 22.0. The van der Waals surface area contributed by atoms with Gasteiger partial charge in [-0.15, -0.1) is 0 Å². The molecule has 1 rings (SSSR count). The van der Waals surface area contributed by atoms with Gasteiger partial charge in [-0.25, -0.2) is 0 Å². The molecule has 6 nitrogen and oxygen atoms in total. The molecule has 0 saturated heterocycles. The van der Waals surface area contributed by atoms with Crippen molar-refractivity contribution in [2.75, 3.05) is 11.9 Å². The summed E-state index contributed by atoms with van der Waals surface area (Å²) in [6.45, 7) is 3.84. The summed E-state index contributed by atoms with van der Waals surface area (Å²) < 4.78 is 0. The maximum atomic E-state index is 11.4. The number of carbonyl (C=O) groups is 2. The summed E-state index contributed by atoms with van der Waals surface area (Å²) in [5.41, 5.74) is 1.00. The van der Waals surface area contributed by atoms with Gasteiger partial charge in [0.05, 0.1) is 0 Å². The maximum Gasteiger partial charge on any atom is 0.227 e. The molecule has 0 aliphatic carbocycles. The molecule has 0 radical (unpaired) electrons. The number of nitrogens with zero attached hydrogens (tertiary/aromatic N) is 1. The molecule has 0 spiro atoms. The van der Waals surface area contributed by atoms with Crippen LogP contribution in [0.3, 0.4) is 0 Å². The minimum atomic E-state index is -0.159. The summed E-state index contributed by atoms with van der Waals surface area (Å²) in [6.07, 6.45) is 2.18. The minimum absolute atomic E-state index is 0.136. The SMILES string of the molecule is CCCc1cc(NC(=O)CCNC(C)=O)n[nH]1. The third-order valence-electron chi connectivity index (χ3n) is 2.14. The number of hydrogen-bond donors (Lipinski definition) is 3. The van der Waals surface area contributed by atoms with Crippen molar-refractivity contribution in [3.05, 3.63) is 11.8 Å². The molecule has 94 valence electrons. The average molecular weight is 238 g/mol. The van der Waals surface area contributed by atoms with Crippen LogP contribution in [0.25, 0.3) is 0 Å².